The highest BCUT2D eigenvalue weighted by atomic mass is 19.2. The van der Waals surface area contributed by atoms with Gasteiger partial charge in [-0.05, 0) is 56.2 Å². The molecule has 1 aliphatic rings. The summed E-state index contributed by atoms with van der Waals surface area (Å²) < 4.78 is 31.6. The highest BCUT2D eigenvalue weighted by molar-refractivity contribution is 5.94. The van der Waals surface area contributed by atoms with Crippen molar-refractivity contribution >= 4 is 5.91 Å². The molecule has 2 atom stereocenters. The van der Waals surface area contributed by atoms with Gasteiger partial charge in [0.1, 0.15) is 11.5 Å². The van der Waals surface area contributed by atoms with Crippen LogP contribution in [-0.4, -0.2) is 29.4 Å². The second-order valence-electron chi connectivity index (χ2n) is 6.33. The highest BCUT2D eigenvalue weighted by Gasteiger charge is 2.27. The van der Waals surface area contributed by atoms with Crippen LogP contribution in [0.3, 0.4) is 0 Å². The second kappa shape index (κ2) is 7.19. The van der Waals surface area contributed by atoms with Crippen LogP contribution in [0.5, 0.6) is 11.5 Å². The van der Waals surface area contributed by atoms with E-state index in [1.54, 1.807) is 24.3 Å². The fourth-order valence-electron chi connectivity index (χ4n) is 3.02. The average Bonchev–Trinajstić information content (AvgIpc) is 2.58. The van der Waals surface area contributed by atoms with Crippen LogP contribution in [0.2, 0.25) is 0 Å². The maximum atomic E-state index is 13.2. The van der Waals surface area contributed by atoms with Crippen molar-refractivity contribution in [3.63, 3.8) is 0 Å². The highest BCUT2D eigenvalue weighted by Crippen LogP contribution is 2.25. The van der Waals surface area contributed by atoms with Crippen molar-refractivity contribution in [2.24, 2.45) is 5.73 Å². The summed E-state index contributed by atoms with van der Waals surface area (Å²) in [4.78, 5) is 14.4. The summed E-state index contributed by atoms with van der Waals surface area (Å²) in [6.07, 6.45) is 1.59. The van der Waals surface area contributed by atoms with E-state index in [1.165, 1.54) is 6.07 Å². The number of hydrogen-bond acceptors (Lipinski definition) is 3. The zero-order chi connectivity index (χ0) is 18.0. The summed E-state index contributed by atoms with van der Waals surface area (Å²) in [5.41, 5.74) is 6.49. The van der Waals surface area contributed by atoms with E-state index in [4.69, 9.17) is 10.5 Å². The number of halogens is 2. The molecular weight excluding hydrogens is 326 g/mol. The number of benzene rings is 2. The SMILES string of the molecule is C[C@@H]1C[C@H](N)CCN1C(=O)c1ccc(Oc2ccc(F)c(F)c2)cc1. The zero-order valence-corrected chi connectivity index (χ0v) is 13.9. The molecule has 0 aromatic heterocycles. The number of rotatable bonds is 3. The molecule has 2 aromatic rings. The minimum Gasteiger partial charge on any atom is -0.457 e. The van der Waals surface area contributed by atoms with Crippen molar-refractivity contribution in [3.05, 3.63) is 59.7 Å². The summed E-state index contributed by atoms with van der Waals surface area (Å²) in [6, 6.07) is 10.2. The second-order valence-corrected chi connectivity index (χ2v) is 6.33. The molecular formula is C19H20F2N2O2. The summed E-state index contributed by atoms with van der Waals surface area (Å²) >= 11 is 0. The van der Waals surface area contributed by atoms with Crippen LogP contribution in [0.25, 0.3) is 0 Å². The number of likely N-dealkylation sites (tertiary alicyclic amines) is 1. The van der Waals surface area contributed by atoms with Gasteiger partial charge in [0.25, 0.3) is 5.91 Å². The molecule has 25 heavy (non-hydrogen) atoms. The van der Waals surface area contributed by atoms with Crippen LogP contribution >= 0.6 is 0 Å². The Hall–Kier alpha value is -2.47. The van der Waals surface area contributed by atoms with Gasteiger partial charge < -0.3 is 15.4 Å². The van der Waals surface area contributed by atoms with E-state index in [2.05, 4.69) is 0 Å². The first kappa shape index (κ1) is 17.4. The Balaban J connectivity index is 1.69. The van der Waals surface area contributed by atoms with E-state index in [9.17, 15) is 13.6 Å². The molecule has 2 N–H and O–H groups in total. The first-order valence-electron chi connectivity index (χ1n) is 8.23. The number of amides is 1. The molecule has 1 saturated heterocycles. The van der Waals surface area contributed by atoms with E-state index in [1.807, 2.05) is 11.8 Å². The summed E-state index contributed by atoms with van der Waals surface area (Å²) in [5, 5.41) is 0. The van der Waals surface area contributed by atoms with Crippen molar-refractivity contribution in [1.29, 1.82) is 0 Å². The van der Waals surface area contributed by atoms with Crippen molar-refractivity contribution in [2.45, 2.75) is 31.8 Å². The normalized spacial score (nSPS) is 20.4. The number of carbonyl (C=O) groups is 1. The molecule has 3 rings (SSSR count). The molecule has 6 heteroatoms. The van der Waals surface area contributed by atoms with Crippen molar-refractivity contribution < 1.29 is 18.3 Å². The van der Waals surface area contributed by atoms with E-state index in [-0.39, 0.29) is 23.7 Å². The van der Waals surface area contributed by atoms with Crippen LogP contribution in [0, 0.1) is 11.6 Å². The molecule has 2 aromatic carbocycles. The zero-order valence-electron chi connectivity index (χ0n) is 13.9. The lowest BCUT2D eigenvalue weighted by Gasteiger charge is -2.36. The molecule has 132 valence electrons. The molecule has 1 fully saturated rings. The maximum absolute atomic E-state index is 13.2. The first-order chi connectivity index (χ1) is 11.9. The third-order valence-electron chi connectivity index (χ3n) is 4.41. The van der Waals surface area contributed by atoms with E-state index in [0.29, 0.717) is 17.9 Å². The summed E-state index contributed by atoms with van der Waals surface area (Å²) in [7, 11) is 0. The first-order valence-corrected chi connectivity index (χ1v) is 8.23. The van der Waals surface area contributed by atoms with Crippen LogP contribution < -0.4 is 10.5 Å². The van der Waals surface area contributed by atoms with Gasteiger partial charge in [-0.2, -0.15) is 0 Å². The topological polar surface area (TPSA) is 55.6 Å². The number of carbonyl (C=O) groups excluding carboxylic acids is 1. The van der Waals surface area contributed by atoms with Crippen molar-refractivity contribution in [3.8, 4) is 11.5 Å². The fraction of sp³-hybridized carbons (Fsp3) is 0.316. The lowest BCUT2D eigenvalue weighted by atomic mass is 9.98. The van der Waals surface area contributed by atoms with Gasteiger partial charge >= 0.3 is 0 Å². The van der Waals surface area contributed by atoms with Gasteiger partial charge in [-0.3, -0.25) is 4.79 Å². The Morgan fingerprint density at radius 3 is 2.44 bits per heavy atom. The number of piperidine rings is 1. The molecule has 0 unspecified atom stereocenters. The minimum absolute atomic E-state index is 0.0428. The Labute approximate surface area is 145 Å². The number of nitrogens with two attached hydrogens (primary N) is 1. The standard InChI is InChI=1S/C19H20F2N2O2/c1-12-10-14(22)8-9-23(12)19(24)13-2-4-15(5-3-13)25-16-6-7-17(20)18(21)11-16/h2-7,11-12,14H,8-10,22H2,1H3/t12-,14-/m1/s1. The van der Waals surface area contributed by atoms with Gasteiger partial charge in [-0.1, -0.05) is 0 Å². The molecule has 4 nitrogen and oxygen atoms in total. The predicted molar refractivity (Wildman–Crippen MR) is 90.6 cm³/mol. The lowest BCUT2D eigenvalue weighted by molar-refractivity contribution is 0.0619. The van der Waals surface area contributed by atoms with E-state index in [0.717, 1.165) is 25.0 Å². The van der Waals surface area contributed by atoms with Crippen molar-refractivity contribution in [2.75, 3.05) is 6.54 Å². The van der Waals surface area contributed by atoms with Gasteiger partial charge in [0.2, 0.25) is 0 Å². The van der Waals surface area contributed by atoms with Gasteiger partial charge in [0.05, 0.1) is 0 Å². The third-order valence-corrected chi connectivity index (χ3v) is 4.41. The predicted octanol–water partition coefficient (Wildman–Crippen LogP) is 3.71. The maximum Gasteiger partial charge on any atom is 0.254 e. The molecule has 0 aliphatic carbocycles. The Bertz CT molecular complexity index is 765. The number of nitrogens with zero attached hydrogens (tertiary/aromatic N) is 1. The molecule has 1 aliphatic heterocycles. The Morgan fingerprint density at radius 2 is 1.80 bits per heavy atom. The van der Waals surface area contributed by atoms with Gasteiger partial charge in [0, 0.05) is 30.3 Å². The molecule has 0 saturated carbocycles. The minimum atomic E-state index is -0.971. The fourth-order valence-corrected chi connectivity index (χ4v) is 3.02. The molecule has 0 bridgehead atoms. The van der Waals surface area contributed by atoms with Crippen LogP contribution in [0.1, 0.15) is 30.1 Å². The number of hydrogen-bond donors (Lipinski definition) is 1. The largest absolute Gasteiger partial charge is 0.457 e. The monoisotopic (exact) mass is 346 g/mol. The smallest absolute Gasteiger partial charge is 0.254 e. The van der Waals surface area contributed by atoms with E-state index >= 15 is 0 Å². The van der Waals surface area contributed by atoms with Gasteiger partial charge in [0.15, 0.2) is 11.6 Å². The summed E-state index contributed by atoms with van der Waals surface area (Å²) in [6.45, 7) is 2.64. The molecule has 0 spiro atoms. The Kier molecular flexibility index (Phi) is 4.99. The number of ether oxygens (including phenoxy) is 1. The summed E-state index contributed by atoms with van der Waals surface area (Å²) in [5.74, 6) is -1.31. The lowest BCUT2D eigenvalue weighted by Crippen LogP contribution is -2.48. The van der Waals surface area contributed by atoms with Crippen LogP contribution in [0.15, 0.2) is 42.5 Å². The van der Waals surface area contributed by atoms with Crippen molar-refractivity contribution in [1.82, 2.24) is 4.90 Å². The van der Waals surface area contributed by atoms with Crippen LogP contribution in [-0.2, 0) is 0 Å². The molecule has 0 radical (unpaired) electrons. The molecule has 1 amide bonds. The van der Waals surface area contributed by atoms with E-state index < -0.39 is 11.6 Å². The van der Waals surface area contributed by atoms with Gasteiger partial charge in [-0.25, -0.2) is 8.78 Å². The quantitative estimate of drug-likeness (QED) is 0.922. The van der Waals surface area contributed by atoms with Gasteiger partial charge in [-0.15, -0.1) is 0 Å². The Morgan fingerprint density at radius 1 is 1.12 bits per heavy atom. The average molecular weight is 346 g/mol. The molecule has 1 heterocycles. The van der Waals surface area contributed by atoms with Crippen LogP contribution in [0.4, 0.5) is 8.78 Å². The third kappa shape index (κ3) is 3.96.